The van der Waals surface area contributed by atoms with Crippen molar-refractivity contribution in [2.75, 3.05) is 6.54 Å². The van der Waals surface area contributed by atoms with E-state index in [1.807, 2.05) is 30.3 Å². The van der Waals surface area contributed by atoms with E-state index in [0.29, 0.717) is 25.8 Å². The number of hydrogen-bond acceptors (Lipinski definition) is 6. The first-order valence-corrected chi connectivity index (χ1v) is 10.8. The van der Waals surface area contributed by atoms with Crippen molar-refractivity contribution in [1.29, 1.82) is 0 Å². The zero-order valence-corrected chi connectivity index (χ0v) is 18.4. The molecule has 33 heavy (non-hydrogen) atoms. The van der Waals surface area contributed by atoms with Gasteiger partial charge in [0.1, 0.15) is 18.1 Å². The molecule has 1 aromatic rings. The van der Waals surface area contributed by atoms with Crippen molar-refractivity contribution in [3.63, 3.8) is 0 Å². The fraction of sp³-hybridized carbons (Fsp3) is 0.500. The number of rotatable bonds is 11. The van der Waals surface area contributed by atoms with Crippen molar-refractivity contribution < 1.29 is 34.2 Å². The molecule has 1 saturated heterocycles. The van der Waals surface area contributed by atoms with Gasteiger partial charge in [-0.25, -0.2) is 0 Å². The number of carboxylic acid groups (broad SMARTS) is 2. The van der Waals surface area contributed by atoms with Crippen LogP contribution in [0, 0.1) is 0 Å². The molecule has 0 saturated carbocycles. The van der Waals surface area contributed by atoms with Gasteiger partial charge < -0.3 is 31.5 Å². The molecule has 11 nitrogen and oxygen atoms in total. The van der Waals surface area contributed by atoms with Crippen molar-refractivity contribution in [2.45, 2.75) is 63.2 Å². The quantitative estimate of drug-likeness (QED) is 0.291. The van der Waals surface area contributed by atoms with Gasteiger partial charge in [0, 0.05) is 13.0 Å². The van der Waals surface area contributed by atoms with Crippen LogP contribution in [0.3, 0.4) is 0 Å². The van der Waals surface area contributed by atoms with Gasteiger partial charge in [-0.15, -0.1) is 0 Å². The number of carbonyl (C=O) groups excluding carboxylic acids is 3. The predicted octanol–water partition coefficient (Wildman–Crippen LogP) is -0.514. The lowest BCUT2D eigenvalue weighted by Gasteiger charge is -2.28. The highest BCUT2D eigenvalue weighted by Gasteiger charge is 2.37. The largest absolute Gasteiger partial charge is 0.481 e. The lowest BCUT2D eigenvalue weighted by molar-refractivity contribution is -0.143. The molecule has 1 aromatic carbocycles. The lowest BCUT2D eigenvalue weighted by atomic mass is 10.0. The first kappa shape index (κ1) is 25.8. The van der Waals surface area contributed by atoms with E-state index in [4.69, 9.17) is 15.9 Å². The second kappa shape index (κ2) is 12.0. The van der Waals surface area contributed by atoms with E-state index < -0.39 is 54.3 Å². The lowest BCUT2D eigenvalue weighted by Crippen LogP contribution is -2.56. The van der Waals surface area contributed by atoms with Crippen LogP contribution < -0.4 is 16.4 Å². The van der Waals surface area contributed by atoms with Crippen LogP contribution in [-0.2, 0) is 30.4 Å². The van der Waals surface area contributed by atoms with Crippen LogP contribution in [0.15, 0.2) is 30.3 Å². The number of nitrogens with two attached hydrogens (primary N) is 1. The van der Waals surface area contributed by atoms with E-state index in [1.165, 1.54) is 11.8 Å². The Balaban J connectivity index is 2.06. The Kier molecular flexibility index (Phi) is 9.34. The van der Waals surface area contributed by atoms with Gasteiger partial charge in [0.2, 0.25) is 17.7 Å². The Morgan fingerprint density at radius 1 is 1.12 bits per heavy atom. The highest BCUT2D eigenvalue weighted by atomic mass is 16.4. The SMILES string of the molecule is CC(NC(=O)C(CCC(=O)O)NC(=O)C1CCCN1C(=O)C(N)Cc1ccccc1)C(=O)O. The Hall–Kier alpha value is -3.47. The van der Waals surface area contributed by atoms with E-state index in [2.05, 4.69) is 10.6 Å². The van der Waals surface area contributed by atoms with Crippen molar-refractivity contribution in [1.82, 2.24) is 15.5 Å². The summed E-state index contributed by atoms with van der Waals surface area (Å²) in [6, 6.07) is 5.06. The molecule has 0 bridgehead atoms. The van der Waals surface area contributed by atoms with E-state index in [9.17, 15) is 24.0 Å². The molecular formula is C22H30N4O7. The maximum atomic E-state index is 12.9. The molecule has 11 heteroatoms. The summed E-state index contributed by atoms with van der Waals surface area (Å²) >= 11 is 0. The first-order chi connectivity index (χ1) is 15.6. The number of carboxylic acids is 2. The van der Waals surface area contributed by atoms with Crippen LogP contribution in [0.2, 0.25) is 0 Å². The van der Waals surface area contributed by atoms with Crippen LogP contribution in [0.5, 0.6) is 0 Å². The Morgan fingerprint density at radius 2 is 1.79 bits per heavy atom. The fourth-order valence-electron chi connectivity index (χ4n) is 3.65. The molecule has 3 amide bonds. The van der Waals surface area contributed by atoms with Gasteiger partial charge in [-0.2, -0.15) is 0 Å². The van der Waals surface area contributed by atoms with E-state index >= 15 is 0 Å². The Morgan fingerprint density at radius 3 is 2.39 bits per heavy atom. The zero-order valence-electron chi connectivity index (χ0n) is 18.4. The number of nitrogens with zero attached hydrogens (tertiary/aromatic N) is 1. The molecular weight excluding hydrogens is 432 g/mol. The van der Waals surface area contributed by atoms with Crippen LogP contribution in [0.25, 0.3) is 0 Å². The van der Waals surface area contributed by atoms with Gasteiger partial charge in [0.15, 0.2) is 0 Å². The number of likely N-dealkylation sites (tertiary alicyclic amines) is 1. The Bertz CT molecular complexity index is 877. The first-order valence-electron chi connectivity index (χ1n) is 10.8. The number of nitrogens with one attached hydrogen (secondary N) is 2. The van der Waals surface area contributed by atoms with E-state index in [-0.39, 0.29) is 12.3 Å². The summed E-state index contributed by atoms with van der Waals surface area (Å²) in [6.45, 7) is 1.59. The minimum atomic E-state index is -1.27. The molecule has 0 aromatic heterocycles. The van der Waals surface area contributed by atoms with E-state index in [0.717, 1.165) is 5.56 Å². The molecule has 2 rings (SSSR count). The second-order valence-electron chi connectivity index (χ2n) is 8.05. The molecule has 1 aliphatic rings. The van der Waals surface area contributed by atoms with Crippen LogP contribution in [-0.4, -0.2) is 75.5 Å². The van der Waals surface area contributed by atoms with Crippen LogP contribution >= 0.6 is 0 Å². The second-order valence-corrected chi connectivity index (χ2v) is 8.05. The third-order valence-electron chi connectivity index (χ3n) is 5.46. The van der Waals surface area contributed by atoms with Gasteiger partial charge in [0.25, 0.3) is 0 Å². The number of hydrogen-bond donors (Lipinski definition) is 5. The molecule has 0 radical (unpaired) electrons. The van der Waals surface area contributed by atoms with Crippen molar-refractivity contribution >= 4 is 29.7 Å². The molecule has 1 fully saturated rings. The number of aliphatic carboxylic acids is 2. The summed E-state index contributed by atoms with van der Waals surface area (Å²) in [6.07, 6.45) is 0.613. The van der Waals surface area contributed by atoms with Crippen molar-refractivity contribution in [3.8, 4) is 0 Å². The van der Waals surface area contributed by atoms with Gasteiger partial charge in [-0.3, -0.25) is 24.0 Å². The molecule has 0 spiro atoms. The summed E-state index contributed by atoms with van der Waals surface area (Å²) in [5, 5.41) is 22.7. The van der Waals surface area contributed by atoms with Gasteiger partial charge >= 0.3 is 11.9 Å². The summed E-state index contributed by atoms with van der Waals surface area (Å²) in [5.41, 5.74) is 6.98. The summed E-state index contributed by atoms with van der Waals surface area (Å²) in [7, 11) is 0. The van der Waals surface area contributed by atoms with Gasteiger partial charge in [-0.05, 0) is 38.2 Å². The third-order valence-corrected chi connectivity index (χ3v) is 5.46. The smallest absolute Gasteiger partial charge is 0.325 e. The minimum absolute atomic E-state index is 0.229. The average Bonchev–Trinajstić information content (AvgIpc) is 3.26. The zero-order chi connectivity index (χ0) is 24.5. The third kappa shape index (κ3) is 7.56. The van der Waals surface area contributed by atoms with Crippen LogP contribution in [0.1, 0.15) is 38.2 Å². The predicted molar refractivity (Wildman–Crippen MR) is 117 cm³/mol. The number of carbonyl (C=O) groups is 5. The Labute approximate surface area is 191 Å². The average molecular weight is 463 g/mol. The number of benzene rings is 1. The maximum Gasteiger partial charge on any atom is 0.325 e. The van der Waals surface area contributed by atoms with Crippen molar-refractivity contribution in [2.24, 2.45) is 5.73 Å². The van der Waals surface area contributed by atoms with Gasteiger partial charge in [-0.1, -0.05) is 30.3 Å². The highest BCUT2D eigenvalue weighted by molar-refractivity contribution is 5.94. The molecule has 1 aliphatic heterocycles. The molecule has 180 valence electrons. The monoisotopic (exact) mass is 462 g/mol. The van der Waals surface area contributed by atoms with Gasteiger partial charge in [0.05, 0.1) is 6.04 Å². The molecule has 4 unspecified atom stereocenters. The topological polar surface area (TPSA) is 179 Å². The standard InChI is InChI=1S/C22H30N4O7/c1-13(22(32)33)24-19(29)16(9-10-18(27)28)25-20(30)17-8-5-11-26(17)21(31)15(23)12-14-6-3-2-4-7-14/h2-4,6-7,13,15-17H,5,8-12,23H2,1H3,(H,24,29)(H,25,30)(H,27,28)(H,32,33). The van der Waals surface area contributed by atoms with E-state index in [1.54, 1.807) is 0 Å². The molecule has 1 heterocycles. The molecule has 0 aliphatic carbocycles. The van der Waals surface area contributed by atoms with Crippen LogP contribution in [0.4, 0.5) is 0 Å². The molecule has 6 N–H and O–H groups in total. The minimum Gasteiger partial charge on any atom is -0.481 e. The van der Waals surface area contributed by atoms with Crippen molar-refractivity contribution in [3.05, 3.63) is 35.9 Å². The fourth-order valence-corrected chi connectivity index (χ4v) is 3.65. The summed E-state index contributed by atoms with van der Waals surface area (Å²) in [5.74, 6) is -4.25. The number of amides is 3. The summed E-state index contributed by atoms with van der Waals surface area (Å²) in [4.78, 5) is 61.7. The molecule has 4 atom stereocenters. The highest BCUT2D eigenvalue weighted by Crippen LogP contribution is 2.19. The summed E-state index contributed by atoms with van der Waals surface area (Å²) < 4.78 is 0. The normalized spacial score (nSPS) is 18.1. The maximum absolute atomic E-state index is 12.9.